The van der Waals surface area contributed by atoms with E-state index in [9.17, 15) is 23.5 Å². The fourth-order valence-corrected chi connectivity index (χ4v) is 5.15. The lowest BCUT2D eigenvalue weighted by Gasteiger charge is -2.36. The number of alkyl halides is 2. The number of aliphatic hydroxyl groups excluding tert-OH is 1. The van der Waals surface area contributed by atoms with Gasteiger partial charge in [0.15, 0.2) is 5.54 Å². The molecule has 2 N–H and O–H groups in total. The summed E-state index contributed by atoms with van der Waals surface area (Å²) in [4.78, 5) is 37.1. The van der Waals surface area contributed by atoms with Crippen molar-refractivity contribution in [2.75, 3.05) is 31.1 Å². The number of amides is 3. The summed E-state index contributed by atoms with van der Waals surface area (Å²) in [5.74, 6) is -2.84. The van der Waals surface area contributed by atoms with Gasteiger partial charge in [-0.1, -0.05) is 19.1 Å². The number of hydrogen-bond donors (Lipinski definition) is 2. The van der Waals surface area contributed by atoms with Gasteiger partial charge in [0.2, 0.25) is 5.95 Å². The molecule has 0 radical (unpaired) electrons. The standard InChI is InChI=1S/C23H23F2N5O4/c1-2-7-30-19(32)22(28-21(30)33)11-34-16-8-12(3-4-15(16)22)17-14-5-6-23(24,25)18(14)27-20(26-17)29-9-13(31)10-29/h3-4,8,13,31H,2,5-7,9-11H2,1H3,(H,28,33). The van der Waals surface area contributed by atoms with E-state index < -0.39 is 23.6 Å². The lowest BCUT2D eigenvalue weighted by Crippen LogP contribution is -2.51. The predicted molar refractivity (Wildman–Crippen MR) is 116 cm³/mol. The largest absolute Gasteiger partial charge is 0.490 e. The van der Waals surface area contributed by atoms with Gasteiger partial charge in [0.25, 0.3) is 11.8 Å². The number of urea groups is 1. The molecule has 9 nitrogen and oxygen atoms in total. The number of carbonyl (C=O) groups excluding carboxylic acids is 2. The summed E-state index contributed by atoms with van der Waals surface area (Å²) >= 11 is 0. The Kier molecular flexibility index (Phi) is 4.42. The Morgan fingerprint density at radius 1 is 1.26 bits per heavy atom. The van der Waals surface area contributed by atoms with Crippen molar-refractivity contribution in [1.82, 2.24) is 20.2 Å². The molecule has 1 aromatic heterocycles. The van der Waals surface area contributed by atoms with Gasteiger partial charge in [-0.25, -0.2) is 14.8 Å². The van der Waals surface area contributed by atoms with Gasteiger partial charge in [-0.15, -0.1) is 0 Å². The van der Waals surface area contributed by atoms with E-state index in [0.717, 1.165) is 0 Å². The number of aliphatic hydroxyl groups is 1. The molecule has 178 valence electrons. The number of ether oxygens (including phenoxy) is 1. The molecule has 2 fully saturated rings. The lowest BCUT2D eigenvalue weighted by molar-refractivity contribution is -0.132. The molecule has 1 spiro atoms. The molecule has 3 aliphatic heterocycles. The number of halogens is 2. The first-order chi connectivity index (χ1) is 16.2. The fourth-order valence-electron chi connectivity index (χ4n) is 5.15. The van der Waals surface area contributed by atoms with Crippen molar-refractivity contribution in [3.05, 3.63) is 35.0 Å². The minimum absolute atomic E-state index is 0.0343. The number of hydrogen-bond acceptors (Lipinski definition) is 7. The molecular formula is C23H23F2N5O4. The lowest BCUT2D eigenvalue weighted by atomic mass is 9.90. The molecule has 2 aromatic rings. The Bertz CT molecular complexity index is 1230. The number of fused-ring (bicyclic) bond motifs is 3. The summed E-state index contributed by atoms with van der Waals surface area (Å²) in [5, 5.41) is 12.4. The Balaban J connectivity index is 1.42. The average Bonchev–Trinajstić information content (AvgIpc) is 3.39. The van der Waals surface area contributed by atoms with Crippen LogP contribution in [0.3, 0.4) is 0 Å². The highest BCUT2D eigenvalue weighted by molar-refractivity contribution is 6.08. The maximum atomic E-state index is 14.6. The summed E-state index contributed by atoms with van der Waals surface area (Å²) in [7, 11) is 0. The smallest absolute Gasteiger partial charge is 0.325 e. The number of benzene rings is 1. The van der Waals surface area contributed by atoms with Crippen LogP contribution in [0, 0.1) is 0 Å². The molecule has 1 aromatic carbocycles. The number of β-amino-alcohol motifs (C(OH)–C–C–N with tert-alkyl or cyclic N) is 1. The molecule has 2 saturated heterocycles. The van der Waals surface area contributed by atoms with Crippen LogP contribution in [0.4, 0.5) is 19.5 Å². The highest BCUT2D eigenvalue weighted by Gasteiger charge is 2.57. The van der Waals surface area contributed by atoms with Crippen LogP contribution < -0.4 is 15.0 Å². The van der Waals surface area contributed by atoms with E-state index in [1.165, 1.54) is 4.90 Å². The number of nitrogens with one attached hydrogen (secondary N) is 1. The van der Waals surface area contributed by atoms with Gasteiger partial charge < -0.3 is 20.1 Å². The number of nitrogens with zero attached hydrogens (tertiary/aromatic N) is 4. The number of anilines is 1. The minimum atomic E-state index is -3.05. The van der Waals surface area contributed by atoms with Crippen molar-refractivity contribution in [3.63, 3.8) is 0 Å². The molecule has 6 rings (SSSR count). The van der Waals surface area contributed by atoms with E-state index in [1.807, 2.05) is 6.92 Å². The molecular weight excluding hydrogens is 448 g/mol. The molecule has 11 heteroatoms. The summed E-state index contributed by atoms with van der Waals surface area (Å²) in [6.45, 7) is 2.74. The van der Waals surface area contributed by atoms with Crippen molar-refractivity contribution >= 4 is 17.9 Å². The Morgan fingerprint density at radius 3 is 2.79 bits per heavy atom. The Labute approximate surface area is 193 Å². The van der Waals surface area contributed by atoms with Gasteiger partial charge in [0.05, 0.1) is 11.8 Å². The highest BCUT2D eigenvalue weighted by atomic mass is 19.3. The Morgan fingerprint density at radius 2 is 2.06 bits per heavy atom. The summed E-state index contributed by atoms with van der Waals surface area (Å²) in [6.07, 6.45) is -0.0871. The van der Waals surface area contributed by atoms with Gasteiger partial charge in [-0.2, -0.15) is 8.78 Å². The third-order valence-corrected chi connectivity index (χ3v) is 6.96. The third-order valence-electron chi connectivity index (χ3n) is 6.96. The maximum Gasteiger partial charge on any atom is 0.325 e. The van der Waals surface area contributed by atoms with Crippen molar-refractivity contribution in [2.24, 2.45) is 0 Å². The second-order valence-electron chi connectivity index (χ2n) is 9.25. The molecule has 0 bridgehead atoms. The molecule has 4 heterocycles. The van der Waals surface area contributed by atoms with E-state index in [0.29, 0.717) is 41.1 Å². The molecule has 1 unspecified atom stereocenters. The molecule has 1 aliphatic carbocycles. The van der Waals surface area contributed by atoms with Gasteiger partial charge in [-0.3, -0.25) is 9.69 Å². The summed E-state index contributed by atoms with van der Waals surface area (Å²) in [6, 6.07) is 4.63. The van der Waals surface area contributed by atoms with Crippen LogP contribution in [-0.4, -0.2) is 64.3 Å². The summed E-state index contributed by atoms with van der Waals surface area (Å²) in [5.41, 5.74) is 0.328. The van der Waals surface area contributed by atoms with Crippen LogP contribution in [0.25, 0.3) is 11.3 Å². The zero-order valence-electron chi connectivity index (χ0n) is 18.5. The first kappa shape index (κ1) is 21.2. The van der Waals surface area contributed by atoms with E-state index in [4.69, 9.17) is 4.74 Å². The van der Waals surface area contributed by atoms with Gasteiger partial charge in [-0.05, 0) is 18.9 Å². The third kappa shape index (κ3) is 2.85. The normalized spacial score (nSPS) is 24.8. The molecule has 34 heavy (non-hydrogen) atoms. The molecule has 4 aliphatic rings. The van der Waals surface area contributed by atoms with Crippen LogP contribution in [0.5, 0.6) is 5.75 Å². The molecule has 1 atom stereocenters. The predicted octanol–water partition coefficient (Wildman–Crippen LogP) is 1.91. The van der Waals surface area contributed by atoms with E-state index in [2.05, 4.69) is 15.3 Å². The number of rotatable bonds is 4. The van der Waals surface area contributed by atoms with E-state index >= 15 is 0 Å². The van der Waals surface area contributed by atoms with Crippen molar-refractivity contribution in [3.8, 4) is 17.0 Å². The number of carbonyl (C=O) groups is 2. The van der Waals surface area contributed by atoms with Crippen LogP contribution >= 0.6 is 0 Å². The van der Waals surface area contributed by atoms with Crippen LogP contribution in [0.1, 0.15) is 36.6 Å². The summed E-state index contributed by atoms with van der Waals surface area (Å²) < 4.78 is 35.0. The van der Waals surface area contributed by atoms with E-state index in [1.54, 1.807) is 23.1 Å². The number of imide groups is 1. The molecule has 3 amide bonds. The second kappa shape index (κ2) is 7.08. The second-order valence-corrected chi connectivity index (χ2v) is 9.25. The van der Waals surface area contributed by atoms with Gasteiger partial charge in [0.1, 0.15) is 18.1 Å². The van der Waals surface area contributed by atoms with Crippen LogP contribution in [-0.2, 0) is 22.7 Å². The highest BCUT2D eigenvalue weighted by Crippen LogP contribution is 2.47. The quantitative estimate of drug-likeness (QED) is 0.656. The maximum absolute atomic E-state index is 14.6. The molecule has 0 saturated carbocycles. The van der Waals surface area contributed by atoms with Gasteiger partial charge >= 0.3 is 6.03 Å². The monoisotopic (exact) mass is 471 g/mol. The van der Waals surface area contributed by atoms with Crippen molar-refractivity contribution < 1.29 is 28.2 Å². The van der Waals surface area contributed by atoms with Gasteiger partial charge in [0, 0.05) is 42.7 Å². The Hall–Kier alpha value is -3.34. The van der Waals surface area contributed by atoms with E-state index in [-0.39, 0.29) is 50.1 Å². The van der Waals surface area contributed by atoms with Crippen molar-refractivity contribution in [2.45, 2.75) is 43.8 Å². The van der Waals surface area contributed by atoms with Crippen LogP contribution in [0.2, 0.25) is 0 Å². The first-order valence-corrected chi connectivity index (χ1v) is 11.4. The fraction of sp³-hybridized carbons (Fsp3) is 0.478. The SMILES string of the molecule is CCCN1C(=O)NC2(COc3cc(-c4nc(N5CC(O)C5)nc5c4CCC5(F)F)ccc32)C1=O. The zero-order valence-corrected chi connectivity index (χ0v) is 18.5. The minimum Gasteiger partial charge on any atom is -0.490 e. The zero-order chi connectivity index (χ0) is 23.8. The van der Waals surface area contributed by atoms with Crippen LogP contribution in [0.15, 0.2) is 18.2 Å². The topological polar surface area (TPSA) is 108 Å². The number of aromatic nitrogens is 2. The first-order valence-electron chi connectivity index (χ1n) is 11.4. The van der Waals surface area contributed by atoms with Crippen molar-refractivity contribution in [1.29, 1.82) is 0 Å². The average molecular weight is 471 g/mol.